The monoisotopic (exact) mass is 309 g/mol. The number of carbonyl (C=O) groups excluding carboxylic acids is 1. The van der Waals surface area contributed by atoms with Crippen LogP contribution in [0.4, 0.5) is 0 Å². The fourth-order valence-corrected chi connectivity index (χ4v) is 2.78. The van der Waals surface area contributed by atoms with Gasteiger partial charge in [-0.15, -0.1) is 0 Å². The van der Waals surface area contributed by atoms with Crippen LogP contribution in [-0.4, -0.2) is 42.9 Å². The first-order chi connectivity index (χ1) is 10.4. The lowest BCUT2D eigenvalue weighted by molar-refractivity contribution is -0.118. The molecule has 6 heteroatoms. The molecule has 3 unspecified atom stereocenters. The number of nitrogens with zero attached hydrogens (tertiary/aromatic N) is 2. The van der Waals surface area contributed by atoms with E-state index in [1.54, 1.807) is 11.9 Å². The number of rotatable bonds is 11. The molecule has 0 spiro atoms. The number of hydrogen-bond donors (Lipinski definition) is 3. The van der Waals surface area contributed by atoms with Gasteiger partial charge in [0, 0.05) is 19.5 Å². The predicted molar refractivity (Wildman–Crippen MR) is 91.2 cm³/mol. The van der Waals surface area contributed by atoms with Crippen LogP contribution in [0.3, 0.4) is 0 Å². The standard InChI is InChI=1S/C16H31N5O/c1-11(2)14(21(5)10-22)16-19-15(20-16)13(4)12(3)8-6-7-9-18-17/h10-11,13-15,18H,3,6-9,17H2,1-2,4-5H3,(H,19,20). The van der Waals surface area contributed by atoms with Crippen molar-refractivity contribution in [2.24, 2.45) is 22.7 Å². The summed E-state index contributed by atoms with van der Waals surface area (Å²) in [4.78, 5) is 17.4. The summed E-state index contributed by atoms with van der Waals surface area (Å²) in [6, 6.07) is 0.0184. The van der Waals surface area contributed by atoms with E-state index in [9.17, 15) is 4.79 Å². The largest absolute Gasteiger partial charge is 0.350 e. The van der Waals surface area contributed by atoms with Gasteiger partial charge in [-0.3, -0.25) is 16.1 Å². The summed E-state index contributed by atoms with van der Waals surface area (Å²) in [6.45, 7) is 11.4. The van der Waals surface area contributed by atoms with E-state index in [0.29, 0.717) is 11.8 Å². The molecule has 0 saturated carbocycles. The molecule has 0 aromatic rings. The van der Waals surface area contributed by atoms with Gasteiger partial charge in [0.2, 0.25) is 6.41 Å². The number of nitrogens with one attached hydrogen (secondary N) is 2. The minimum Gasteiger partial charge on any atom is -0.350 e. The number of hydrogen-bond acceptors (Lipinski definition) is 5. The van der Waals surface area contributed by atoms with Crippen LogP contribution in [0.5, 0.6) is 0 Å². The van der Waals surface area contributed by atoms with E-state index in [1.165, 1.54) is 5.57 Å². The van der Waals surface area contributed by atoms with Gasteiger partial charge in [0.1, 0.15) is 12.0 Å². The molecule has 1 aliphatic rings. The Bertz CT molecular complexity index is 407. The van der Waals surface area contributed by atoms with E-state index in [-0.39, 0.29) is 12.2 Å². The zero-order valence-corrected chi connectivity index (χ0v) is 14.3. The molecule has 1 amide bonds. The topological polar surface area (TPSA) is 82.8 Å². The SMILES string of the molecule is C=C(CCCCNN)C(C)C1N=C(C(C(C)C)N(C)C=O)N1. The Hall–Kier alpha value is -1.40. The molecule has 1 heterocycles. The molecule has 0 aromatic carbocycles. The first kappa shape index (κ1) is 18.6. The normalized spacial score (nSPS) is 19.7. The Morgan fingerprint density at radius 1 is 1.50 bits per heavy atom. The molecular formula is C16H31N5O. The van der Waals surface area contributed by atoms with Crippen LogP contribution in [0, 0.1) is 11.8 Å². The van der Waals surface area contributed by atoms with Crippen molar-refractivity contribution < 1.29 is 4.79 Å². The van der Waals surface area contributed by atoms with E-state index in [1.807, 2.05) is 0 Å². The molecule has 0 fully saturated rings. The summed E-state index contributed by atoms with van der Waals surface area (Å²) in [5, 5.41) is 3.42. The molecule has 1 rings (SSSR count). The summed E-state index contributed by atoms with van der Waals surface area (Å²) in [7, 11) is 1.79. The molecular weight excluding hydrogens is 278 g/mol. The number of nitrogens with two attached hydrogens (primary N) is 1. The third kappa shape index (κ3) is 4.81. The van der Waals surface area contributed by atoms with E-state index in [2.05, 4.69) is 43.1 Å². The lowest BCUT2D eigenvalue weighted by Gasteiger charge is -2.39. The fraction of sp³-hybridized carbons (Fsp3) is 0.750. The highest BCUT2D eigenvalue weighted by Gasteiger charge is 2.34. The number of amides is 1. The van der Waals surface area contributed by atoms with E-state index in [4.69, 9.17) is 5.84 Å². The van der Waals surface area contributed by atoms with Crippen molar-refractivity contribution in [1.29, 1.82) is 0 Å². The van der Waals surface area contributed by atoms with Gasteiger partial charge >= 0.3 is 0 Å². The number of likely N-dealkylation sites (N-methyl/N-ethyl adjacent to an activating group) is 1. The van der Waals surface area contributed by atoms with Crippen LogP contribution in [0.2, 0.25) is 0 Å². The quantitative estimate of drug-likeness (QED) is 0.176. The molecule has 0 aromatic heterocycles. The highest BCUT2D eigenvalue weighted by atomic mass is 16.1. The summed E-state index contributed by atoms with van der Waals surface area (Å²) in [5.41, 5.74) is 3.87. The van der Waals surface area contributed by atoms with Gasteiger partial charge in [0.15, 0.2) is 0 Å². The van der Waals surface area contributed by atoms with Gasteiger partial charge in [-0.2, -0.15) is 0 Å². The van der Waals surface area contributed by atoms with Crippen LogP contribution >= 0.6 is 0 Å². The van der Waals surface area contributed by atoms with Gasteiger partial charge in [0.05, 0.1) is 6.04 Å². The molecule has 0 bridgehead atoms. The maximum absolute atomic E-state index is 11.0. The minimum atomic E-state index is 0.0184. The number of carbonyl (C=O) groups is 1. The zero-order valence-electron chi connectivity index (χ0n) is 14.3. The number of amidine groups is 1. The highest BCUT2D eigenvalue weighted by Crippen LogP contribution is 2.25. The van der Waals surface area contributed by atoms with Crippen LogP contribution < -0.4 is 16.6 Å². The number of aliphatic imine (C=N–C) groups is 1. The van der Waals surface area contributed by atoms with Crippen molar-refractivity contribution in [3.8, 4) is 0 Å². The molecule has 3 atom stereocenters. The van der Waals surface area contributed by atoms with E-state index in [0.717, 1.165) is 38.1 Å². The van der Waals surface area contributed by atoms with Crippen molar-refractivity contribution in [3.63, 3.8) is 0 Å². The Kier molecular flexibility index (Phi) is 7.55. The second-order valence-corrected chi connectivity index (χ2v) is 6.42. The summed E-state index contributed by atoms with van der Waals surface area (Å²) in [5.74, 6) is 6.78. The van der Waals surface area contributed by atoms with Gasteiger partial charge < -0.3 is 10.2 Å². The number of hydrazine groups is 1. The van der Waals surface area contributed by atoms with Gasteiger partial charge in [0.25, 0.3) is 0 Å². The third-order valence-corrected chi connectivity index (χ3v) is 4.28. The maximum Gasteiger partial charge on any atom is 0.210 e. The molecule has 0 aliphatic carbocycles. The highest BCUT2D eigenvalue weighted by molar-refractivity contribution is 5.92. The summed E-state index contributed by atoms with van der Waals surface area (Å²) >= 11 is 0. The molecule has 1 aliphatic heterocycles. The van der Waals surface area contributed by atoms with Crippen LogP contribution in [-0.2, 0) is 4.79 Å². The van der Waals surface area contributed by atoms with Crippen molar-refractivity contribution in [3.05, 3.63) is 12.2 Å². The van der Waals surface area contributed by atoms with Crippen LogP contribution in [0.25, 0.3) is 0 Å². The average molecular weight is 309 g/mol. The predicted octanol–water partition coefficient (Wildman–Crippen LogP) is 1.25. The van der Waals surface area contributed by atoms with Gasteiger partial charge in [-0.05, 0) is 25.2 Å². The smallest absolute Gasteiger partial charge is 0.210 e. The molecule has 22 heavy (non-hydrogen) atoms. The average Bonchev–Trinajstić information content (AvgIpc) is 2.44. The third-order valence-electron chi connectivity index (χ3n) is 4.28. The molecule has 4 N–H and O–H groups in total. The number of unbranched alkanes of at least 4 members (excludes halogenated alkanes) is 1. The van der Waals surface area contributed by atoms with E-state index < -0.39 is 0 Å². The van der Waals surface area contributed by atoms with Gasteiger partial charge in [-0.25, -0.2) is 4.99 Å². The van der Waals surface area contributed by atoms with Crippen molar-refractivity contribution in [2.45, 2.75) is 52.2 Å². The molecule has 0 radical (unpaired) electrons. The Balaban J connectivity index is 2.51. The van der Waals surface area contributed by atoms with Crippen molar-refractivity contribution in [1.82, 2.24) is 15.6 Å². The second-order valence-electron chi connectivity index (χ2n) is 6.42. The fourth-order valence-electron chi connectivity index (χ4n) is 2.78. The van der Waals surface area contributed by atoms with E-state index >= 15 is 0 Å². The Morgan fingerprint density at radius 2 is 2.14 bits per heavy atom. The Labute approximate surface area is 134 Å². The minimum absolute atomic E-state index is 0.0184. The second kappa shape index (κ2) is 8.90. The molecule has 6 nitrogen and oxygen atoms in total. The first-order valence-corrected chi connectivity index (χ1v) is 8.05. The van der Waals surface area contributed by atoms with Crippen LogP contribution in [0.1, 0.15) is 40.0 Å². The summed E-state index contributed by atoms with van der Waals surface area (Å²) in [6.07, 6.45) is 4.06. The molecule has 0 saturated heterocycles. The summed E-state index contributed by atoms with van der Waals surface area (Å²) < 4.78 is 0. The molecule has 126 valence electrons. The van der Waals surface area contributed by atoms with Crippen molar-refractivity contribution >= 4 is 12.2 Å². The first-order valence-electron chi connectivity index (χ1n) is 8.05. The van der Waals surface area contributed by atoms with Crippen LogP contribution in [0.15, 0.2) is 17.1 Å². The Morgan fingerprint density at radius 3 is 2.64 bits per heavy atom. The van der Waals surface area contributed by atoms with Crippen molar-refractivity contribution in [2.75, 3.05) is 13.6 Å². The van der Waals surface area contributed by atoms with Gasteiger partial charge in [-0.1, -0.05) is 32.9 Å². The lowest BCUT2D eigenvalue weighted by atomic mass is 9.91. The lowest BCUT2D eigenvalue weighted by Crippen LogP contribution is -2.58. The zero-order chi connectivity index (χ0) is 16.7. The maximum atomic E-state index is 11.0.